The van der Waals surface area contributed by atoms with Crippen LogP contribution in [0.1, 0.15) is 22.5 Å². The molecule has 0 aliphatic rings. The van der Waals surface area contributed by atoms with E-state index in [-0.39, 0.29) is 24.4 Å². The van der Waals surface area contributed by atoms with Gasteiger partial charge in [0, 0.05) is 17.8 Å². The number of rotatable bonds is 5. The van der Waals surface area contributed by atoms with Crippen LogP contribution in [-0.4, -0.2) is 25.9 Å². The highest BCUT2D eigenvalue weighted by atomic mass is 16.1. The van der Waals surface area contributed by atoms with Crippen molar-refractivity contribution in [3.63, 3.8) is 0 Å². The van der Waals surface area contributed by atoms with Crippen LogP contribution >= 0.6 is 0 Å². The van der Waals surface area contributed by atoms with Gasteiger partial charge >= 0.3 is 0 Å². The van der Waals surface area contributed by atoms with Gasteiger partial charge in [0.15, 0.2) is 0 Å². The highest BCUT2D eigenvalue weighted by Crippen LogP contribution is 2.05. The molecule has 128 valence electrons. The van der Waals surface area contributed by atoms with Gasteiger partial charge in [-0.25, -0.2) is 0 Å². The van der Waals surface area contributed by atoms with Gasteiger partial charge in [-0.15, -0.1) is 0 Å². The smallest absolute Gasteiger partial charge is 0.253 e. The van der Waals surface area contributed by atoms with Crippen LogP contribution in [0.2, 0.25) is 0 Å². The number of nitrogens with zero attached hydrogens (tertiary/aromatic N) is 3. The number of amides is 1. The number of para-hydroxylation sites is 1. The molecule has 2 N–H and O–H groups in total. The molecule has 25 heavy (non-hydrogen) atoms. The van der Waals surface area contributed by atoms with Crippen molar-refractivity contribution < 1.29 is 4.79 Å². The van der Waals surface area contributed by atoms with E-state index in [0.29, 0.717) is 11.3 Å². The Morgan fingerprint density at radius 1 is 1.24 bits per heavy atom. The number of carbonyl (C=O) groups excluding carboxylic acids is 1. The molecule has 3 rings (SSSR count). The predicted molar refractivity (Wildman–Crippen MR) is 93.4 cm³/mol. The lowest BCUT2D eigenvalue weighted by molar-refractivity contribution is -0.120. The molecule has 2 aromatic heterocycles. The largest absolute Gasteiger partial charge is 0.351 e. The average Bonchev–Trinajstić information content (AvgIpc) is 3.03. The number of aromatic nitrogens is 4. The third kappa shape index (κ3) is 4.00. The van der Waals surface area contributed by atoms with Crippen molar-refractivity contribution in [2.45, 2.75) is 26.8 Å². The summed E-state index contributed by atoms with van der Waals surface area (Å²) in [5, 5.41) is 11.2. The number of hydrogen-bond donors (Lipinski definition) is 2. The summed E-state index contributed by atoms with van der Waals surface area (Å²) in [6.45, 7) is 3.87. The Bertz CT molecular complexity index is 944. The van der Waals surface area contributed by atoms with Gasteiger partial charge in [0.2, 0.25) is 5.91 Å². The molecule has 0 atom stereocenters. The highest BCUT2D eigenvalue weighted by molar-refractivity contribution is 5.78. The molecule has 0 unspecified atom stereocenters. The molecule has 0 saturated heterocycles. The summed E-state index contributed by atoms with van der Waals surface area (Å²) in [7, 11) is 0. The zero-order valence-corrected chi connectivity index (χ0v) is 14.1. The standard InChI is InChI=1S/C18H19N5O2/c1-12-8-13(2)21-18(25)16(12)11-19-17(24)9-14-10-20-23(22-14)15-6-4-3-5-7-15/h3-8,10H,9,11H2,1-2H3,(H,19,24)(H,21,25). The second kappa shape index (κ2) is 7.12. The van der Waals surface area contributed by atoms with E-state index in [2.05, 4.69) is 20.5 Å². The molecule has 7 heteroatoms. The van der Waals surface area contributed by atoms with Crippen LogP contribution in [0.15, 0.2) is 47.4 Å². The van der Waals surface area contributed by atoms with E-state index in [1.807, 2.05) is 50.2 Å². The van der Waals surface area contributed by atoms with E-state index < -0.39 is 0 Å². The Morgan fingerprint density at radius 3 is 2.72 bits per heavy atom. The summed E-state index contributed by atoms with van der Waals surface area (Å²) >= 11 is 0. The van der Waals surface area contributed by atoms with Crippen molar-refractivity contribution in [1.29, 1.82) is 0 Å². The second-order valence-electron chi connectivity index (χ2n) is 5.86. The first-order valence-corrected chi connectivity index (χ1v) is 7.95. The predicted octanol–water partition coefficient (Wildman–Crippen LogP) is 1.43. The Hall–Kier alpha value is -3.22. The number of H-pyrrole nitrogens is 1. The first-order chi connectivity index (χ1) is 12.0. The Labute approximate surface area is 144 Å². The van der Waals surface area contributed by atoms with E-state index >= 15 is 0 Å². The van der Waals surface area contributed by atoms with E-state index in [0.717, 1.165) is 16.9 Å². The van der Waals surface area contributed by atoms with Gasteiger partial charge in [-0.05, 0) is 37.6 Å². The summed E-state index contributed by atoms with van der Waals surface area (Å²) in [4.78, 5) is 28.3. The van der Waals surface area contributed by atoms with Crippen LogP contribution in [0.5, 0.6) is 0 Å². The number of aromatic amines is 1. The summed E-state index contributed by atoms with van der Waals surface area (Å²) < 4.78 is 0. The maximum Gasteiger partial charge on any atom is 0.253 e. The maximum absolute atomic E-state index is 12.1. The minimum Gasteiger partial charge on any atom is -0.351 e. The number of aryl methyl sites for hydroxylation is 2. The van der Waals surface area contributed by atoms with Crippen molar-refractivity contribution in [2.24, 2.45) is 0 Å². The molecule has 0 aliphatic heterocycles. The minimum atomic E-state index is -0.209. The molecular weight excluding hydrogens is 318 g/mol. The number of nitrogens with one attached hydrogen (secondary N) is 2. The van der Waals surface area contributed by atoms with Gasteiger partial charge in [0.05, 0.1) is 24.0 Å². The molecule has 1 amide bonds. The summed E-state index contributed by atoms with van der Waals surface area (Å²) in [6, 6.07) is 11.4. The topological polar surface area (TPSA) is 92.7 Å². The molecule has 0 aliphatic carbocycles. The van der Waals surface area contributed by atoms with Crippen molar-refractivity contribution >= 4 is 5.91 Å². The van der Waals surface area contributed by atoms with Crippen LogP contribution in [0.3, 0.4) is 0 Å². The van der Waals surface area contributed by atoms with E-state index in [4.69, 9.17) is 0 Å². The SMILES string of the molecule is Cc1cc(C)c(CNC(=O)Cc2cnn(-c3ccccc3)n2)c(=O)[nH]1. The fraction of sp³-hybridized carbons (Fsp3) is 0.222. The lowest BCUT2D eigenvalue weighted by Gasteiger charge is -2.07. The van der Waals surface area contributed by atoms with Gasteiger partial charge < -0.3 is 10.3 Å². The summed E-state index contributed by atoms with van der Waals surface area (Å²) in [5.41, 5.74) is 3.44. The first-order valence-electron chi connectivity index (χ1n) is 7.95. The van der Waals surface area contributed by atoms with Crippen LogP contribution in [-0.2, 0) is 17.8 Å². The van der Waals surface area contributed by atoms with Crippen LogP contribution < -0.4 is 10.9 Å². The van der Waals surface area contributed by atoms with E-state index in [9.17, 15) is 9.59 Å². The maximum atomic E-state index is 12.1. The summed E-state index contributed by atoms with van der Waals surface area (Å²) in [5.74, 6) is -0.209. The van der Waals surface area contributed by atoms with Crippen LogP contribution in [0.4, 0.5) is 0 Å². The van der Waals surface area contributed by atoms with Gasteiger partial charge in [-0.2, -0.15) is 15.0 Å². The fourth-order valence-electron chi connectivity index (χ4n) is 2.58. The lowest BCUT2D eigenvalue weighted by atomic mass is 10.1. The van der Waals surface area contributed by atoms with Gasteiger partial charge in [-0.1, -0.05) is 18.2 Å². The zero-order chi connectivity index (χ0) is 17.8. The highest BCUT2D eigenvalue weighted by Gasteiger charge is 2.10. The zero-order valence-electron chi connectivity index (χ0n) is 14.1. The Balaban J connectivity index is 1.62. The average molecular weight is 337 g/mol. The number of hydrogen-bond acceptors (Lipinski definition) is 4. The first kappa shape index (κ1) is 16.6. The number of pyridine rings is 1. The van der Waals surface area contributed by atoms with Crippen molar-refractivity contribution in [3.8, 4) is 5.69 Å². The van der Waals surface area contributed by atoms with Gasteiger partial charge in [0.25, 0.3) is 5.56 Å². The Morgan fingerprint density at radius 2 is 2.00 bits per heavy atom. The molecular formula is C18H19N5O2. The third-order valence-electron chi connectivity index (χ3n) is 3.82. The quantitative estimate of drug-likeness (QED) is 0.737. The van der Waals surface area contributed by atoms with Gasteiger partial charge in [0.1, 0.15) is 0 Å². The molecule has 1 aromatic carbocycles. The molecule has 2 heterocycles. The second-order valence-corrected chi connectivity index (χ2v) is 5.86. The fourth-order valence-corrected chi connectivity index (χ4v) is 2.58. The Kier molecular flexibility index (Phi) is 4.74. The van der Waals surface area contributed by atoms with Gasteiger partial charge in [-0.3, -0.25) is 9.59 Å². The van der Waals surface area contributed by atoms with Crippen LogP contribution in [0.25, 0.3) is 5.69 Å². The third-order valence-corrected chi connectivity index (χ3v) is 3.82. The van der Waals surface area contributed by atoms with Crippen molar-refractivity contribution in [1.82, 2.24) is 25.3 Å². The van der Waals surface area contributed by atoms with Crippen molar-refractivity contribution in [2.75, 3.05) is 0 Å². The summed E-state index contributed by atoms with van der Waals surface area (Å²) in [6.07, 6.45) is 1.67. The molecule has 3 aromatic rings. The molecule has 0 bridgehead atoms. The van der Waals surface area contributed by atoms with Crippen LogP contribution in [0, 0.1) is 13.8 Å². The van der Waals surface area contributed by atoms with Crippen molar-refractivity contribution in [3.05, 3.63) is 75.5 Å². The minimum absolute atomic E-state index is 0.107. The molecule has 0 radical (unpaired) electrons. The number of carbonyl (C=O) groups is 1. The molecule has 0 spiro atoms. The molecule has 7 nitrogen and oxygen atoms in total. The van der Waals surface area contributed by atoms with E-state index in [1.54, 1.807) is 6.20 Å². The molecule has 0 fully saturated rings. The lowest BCUT2D eigenvalue weighted by Crippen LogP contribution is -2.29. The number of benzene rings is 1. The monoisotopic (exact) mass is 337 g/mol. The normalized spacial score (nSPS) is 10.6. The molecule has 0 saturated carbocycles. The van der Waals surface area contributed by atoms with E-state index in [1.165, 1.54) is 4.80 Å².